The Kier molecular flexibility index (Phi) is 4.71. The number of methoxy groups -OCH3 is 1. The highest BCUT2D eigenvalue weighted by atomic mass is 16.6. The van der Waals surface area contributed by atoms with Crippen molar-refractivity contribution < 1.29 is 28.5 Å². The first-order valence-corrected chi connectivity index (χ1v) is 8.56. The van der Waals surface area contributed by atoms with Crippen molar-refractivity contribution in [2.45, 2.75) is 63.9 Å². The second kappa shape index (κ2) is 6.48. The number of carbonyl (C=O) groups excluding carboxylic acids is 2. The van der Waals surface area contributed by atoms with Gasteiger partial charge in [0.15, 0.2) is 0 Å². The molecule has 0 N–H and O–H groups in total. The molecule has 2 saturated heterocycles. The fraction of sp³-hybridized carbons (Fsp3) is 0.778. The summed E-state index contributed by atoms with van der Waals surface area (Å²) in [6.07, 6.45) is 3.60. The van der Waals surface area contributed by atoms with Crippen LogP contribution in [-0.4, -0.2) is 49.6 Å². The third-order valence-corrected chi connectivity index (χ3v) is 5.39. The molecule has 0 aromatic heterocycles. The topological polar surface area (TPSA) is 74.4 Å². The molecule has 6 nitrogen and oxygen atoms in total. The lowest BCUT2D eigenvalue weighted by molar-refractivity contribution is -0.153. The van der Waals surface area contributed by atoms with Gasteiger partial charge in [0.05, 0.1) is 24.0 Å². The zero-order valence-corrected chi connectivity index (χ0v) is 14.7. The van der Waals surface area contributed by atoms with Crippen LogP contribution >= 0.6 is 0 Å². The van der Waals surface area contributed by atoms with E-state index in [1.165, 1.54) is 12.5 Å². The Morgan fingerprint density at radius 2 is 2.21 bits per heavy atom. The van der Waals surface area contributed by atoms with Crippen molar-refractivity contribution in [2.75, 3.05) is 13.7 Å². The van der Waals surface area contributed by atoms with Crippen molar-refractivity contribution in [2.24, 2.45) is 11.8 Å². The normalized spacial score (nSPS) is 43.8. The number of rotatable bonds is 3. The average Bonchev–Trinajstić information content (AvgIpc) is 3.06. The predicted molar refractivity (Wildman–Crippen MR) is 85.2 cm³/mol. The van der Waals surface area contributed by atoms with E-state index in [2.05, 4.69) is 6.08 Å². The Morgan fingerprint density at radius 1 is 1.46 bits per heavy atom. The summed E-state index contributed by atoms with van der Waals surface area (Å²) in [5.74, 6) is -1.34. The Labute approximate surface area is 142 Å². The smallest absolute Gasteiger partial charge is 0.312 e. The van der Waals surface area contributed by atoms with E-state index in [1.54, 1.807) is 7.11 Å². The monoisotopic (exact) mass is 338 g/mol. The van der Waals surface area contributed by atoms with E-state index < -0.39 is 12.0 Å². The van der Waals surface area contributed by atoms with Gasteiger partial charge < -0.3 is 18.9 Å². The molecule has 6 heteroatoms. The van der Waals surface area contributed by atoms with Crippen LogP contribution in [0.15, 0.2) is 11.6 Å². The molecular weight excluding hydrogens is 312 g/mol. The van der Waals surface area contributed by atoms with Crippen LogP contribution in [0.3, 0.4) is 0 Å². The van der Waals surface area contributed by atoms with Gasteiger partial charge in [-0.1, -0.05) is 11.6 Å². The minimum absolute atomic E-state index is 0.199. The summed E-state index contributed by atoms with van der Waals surface area (Å²) in [4.78, 5) is 24.0. The summed E-state index contributed by atoms with van der Waals surface area (Å²) < 4.78 is 22.5. The number of carbonyl (C=O) groups is 2. The van der Waals surface area contributed by atoms with Gasteiger partial charge in [-0.3, -0.25) is 9.59 Å². The quantitative estimate of drug-likeness (QED) is 0.445. The van der Waals surface area contributed by atoms with Crippen LogP contribution in [0, 0.1) is 11.8 Å². The standard InChI is InChI=1S/C18H26O6/c1-10-6-5-7-18(3)16(24-18)15(22-11(2)19)14-12(9-21-4)17(20)23-13(14)8-10/h6,12-16H,5,7-9H2,1-4H3/b10-6+/t12-,13+,14-,15?,16+,18-/m1/s1. The Hall–Kier alpha value is -1.40. The Bertz CT molecular complexity index is 556. The molecule has 2 fully saturated rings. The molecule has 2 heterocycles. The molecule has 3 rings (SSSR count). The molecular formula is C18H26O6. The van der Waals surface area contributed by atoms with Gasteiger partial charge in [0.25, 0.3) is 0 Å². The fourth-order valence-electron chi connectivity index (χ4n) is 4.12. The number of hydrogen-bond acceptors (Lipinski definition) is 6. The van der Waals surface area contributed by atoms with Crippen LogP contribution in [0.4, 0.5) is 0 Å². The van der Waals surface area contributed by atoms with Crippen molar-refractivity contribution in [3.63, 3.8) is 0 Å². The largest absolute Gasteiger partial charge is 0.461 e. The summed E-state index contributed by atoms with van der Waals surface area (Å²) in [6, 6.07) is 0. The van der Waals surface area contributed by atoms with Crippen LogP contribution in [0.25, 0.3) is 0 Å². The number of epoxide rings is 1. The fourth-order valence-corrected chi connectivity index (χ4v) is 4.12. The lowest BCUT2D eigenvalue weighted by Gasteiger charge is -2.29. The lowest BCUT2D eigenvalue weighted by Crippen LogP contribution is -2.43. The number of hydrogen-bond donors (Lipinski definition) is 0. The number of esters is 2. The lowest BCUT2D eigenvalue weighted by atomic mass is 9.79. The van der Waals surface area contributed by atoms with E-state index in [4.69, 9.17) is 18.9 Å². The molecule has 24 heavy (non-hydrogen) atoms. The highest BCUT2D eigenvalue weighted by molar-refractivity contribution is 5.76. The zero-order valence-electron chi connectivity index (χ0n) is 14.7. The van der Waals surface area contributed by atoms with Crippen molar-refractivity contribution in [1.29, 1.82) is 0 Å². The van der Waals surface area contributed by atoms with Crippen molar-refractivity contribution in [3.05, 3.63) is 11.6 Å². The van der Waals surface area contributed by atoms with E-state index in [0.717, 1.165) is 12.8 Å². The highest BCUT2D eigenvalue weighted by Gasteiger charge is 2.63. The summed E-state index contributed by atoms with van der Waals surface area (Å²) in [6.45, 7) is 5.73. The van der Waals surface area contributed by atoms with Crippen LogP contribution < -0.4 is 0 Å². The molecule has 0 aromatic carbocycles. The molecule has 134 valence electrons. The van der Waals surface area contributed by atoms with Crippen molar-refractivity contribution in [1.82, 2.24) is 0 Å². The molecule has 0 amide bonds. The molecule has 0 spiro atoms. The summed E-state index contributed by atoms with van der Waals surface area (Å²) in [5, 5.41) is 0. The maximum absolute atomic E-state index is 12.4. The molecule has 3 aliphatic rings. The maximum atomic E-state index is 12.4. The van der Waals surface area contributed by atoms with Gasteiger partial charge in [0.1, 0.15) is 18.3 Å². The van der Waals surface area contributed by atoms with E-state index >= 15 is 0 Å². The first kappa shape index (κ1) is 17.4. The summed E-state index contributed by atoms with van der Waals surface area (Å²) in [5.41, 5.74) is 0.863. The van der Waals surface area contributed by atoms with Crippen LogP contribution in [0.2, 0.25) is 0 Å². The third-order valence-electron chi connectivity index (χ3n) is 5.39. The molecule has 1 aliphatic carbocycles. The molecule has 0 saturated carbocycles. The second-order valence-corrected chi connectivity index (χ2v) is 7.33. The Balaban J connectivity index is 1.96. The van der Waals surface area contributed by atoms with E-state index in [0.29, 0.717) is 6.42 Å². The number of ether oxygens (including phenoxy) is 4. The maximum Gasteiger partial charge on any atom is 0.312 e. The van der Waals surface area contributed by atoms with Crippen LogP contribution in [-0.2, 0) is 28.5 Å². The van der Waals surface area contributed by atoms with Crippen molar-refractivity contribution >= 4 is 11.9 Å². The highest BCUT2D eigenvalue weighted by Crippen LogP contribution is 2.49. The molecule has 0 radical (unpaired) electrons. The third kappa shape index (κ3) is 3.22. The van der Waals surface area contributed by atoms with E-state index in [9.17, 15) is 9.59 Å². The summed E-state index contributed by atoms with van der Waals surface area (Å²) in [7, 11) is 1.56. The van der Waals surface area contributed by atoms with E-state index in [-0.39, 0.29) is 42.3 Å². The van der Waals surface area contributed by atoms with Crippen LogP contribution in [0.1, 0.15) is 40.0 Å². The van der Waals surface area contributed by atoms with Gasteiger partial charge in [0.2, 0.25) is 0 Å². The molecule has 1 unspecified atom stereocenters. The SMILES string of the molecule is COC[C@H]1C(=O)O[C@H]2C/C(C)=C/CC[C@@]3(C)O[C@H]3C(OC(C)=O)[C@@H]21. The predicted octanol–water partition coefficient (Wildman–Crippen LogP) is 2.01. The number of allylic oxidation sites excluding steroid dienone is 1. The van der Waals surface area contributed by atoms with Gasteiger partial charge in [-0.25, -0.2) is 0 Å². The zero-order chi connectivity index (χ0) is 17.5. The van der Waals surface area contributed by atoms with Gasteiger partial charge in [-0.15, -0.1) is 0 Å². The van der Waals surface area contributed by atoms with E-state index in [1.807, 2.05) is 13.8 Å². The first-order chi connectivity index (χ1) is 11.4. The van der Waals surface area contributed by atoms with Gasteiger partial charge >= 0.3 is 11.9 Å². The minimum atomic E-state index is -0.491. The Morgan fingerprint density at radius 3 is 2.88 bits per heavy atom. The molecule has 0 bridgehead atoms. The molecule has 2 aliphatic heterocycles. The van der Waals surface area contributed by atoms with Gasteiger partial charge in [0, 0.05) is 20.5 Å². The second-order valence-electron chi connectivity index (χ2n) is 7.33. The molecule has 0 aromatic rings. The number of fused-ring (bicyclic) bond motifs is 2. The van der Waals surface area contributed by atoms with Gasteiger partial charge in [-0.2, -0.15) is 0 Å². The van der Waals surface area contributed by atoms with Gasteiger partial charge in [-0.05, 0) is 26.7 Å². The minimum Gasteiger partial charge on any atom is -0.461 e. The van der Waals surface area contributed by atoms with Crippen molar-refractivity contribution in [3.8, 4) is 0 Å². The van der Waals surface area contributed by atoms with Crippen LogP contribution in [0.5, 0.6) is 0 Å². The molecule has 6 atom stereocenters. The summed E-state index contributed by atoms with van der Waals surface area (Å²) >= 11 is 0. The first-order valence-electron chi connectivity index (χ1n) is 8.56. The average molecular weight is 338 g/mol.